The molecule has 18 heavy (non-hydrogen) atoms. The molecule has 5 nitrogen and oxygen atoms in total. The molecule has 2 N–H and O–H groups in total. The standard InChI is InChI=1S/C13H8N2O3/c14-11-6-9-8-4-2-1-3-7(8)5-10(9)13(16)12(11)15(17)18/h1-6H,14H2. The van der Waals surface area contributed by atoms with Gasteiger partial charge in [-0.3, -0.25) is 14.9 Å². The third kappa shape index (κ3) is 1.24. The first-order chi connectivity index (χ1) is 8.59. The van der Waals surface area contributed by atoms with Gasteiger partial charge in [0.1, 0.15) is 5.70 Å². The monoisotopic (exact) mass is 240 g/mol. The fraction of sp³-hybridized carbons (Fsp3) is 0. The smallest absolute Gasteiger partial charge is 0.339 e. The molecule has 2 aliphatic carbocycles. The van der Waals surface area contributed by atoms with E-state index in [1.165, 1.54) is 6.08 Å². The summed E-state index contributed by atoms with van der Waals surface area (Å²) in [6, 6.07) is 7.42. The van der Waals surface area contributed by atoms with Crippen LogP contribution in [0.5, 0.6) is 0 Å². The lowest BCUT2D eigenvalue weighted by molar-refractivity contribution is -0.419. The zero-order chi connectivity index (χ0) is 12.9. The molecule has 0 atom stereocenters. The third-order valence-electron chi connectivity index (χ3n) is 3.06. The average Bonchev–Trinajstić information content (AvgIpc) is 2.68. The fourth-order valence-electron chi connectivity index (χ4n) is 2.26. The Kier molecular flexibility index (Phi) is 1.98. The molecule has 0 bridgehead atoms. The van der Waals surface area contributed by atoms with Crippen molar-refractivity contribution < 1.29 is 9.72 Å². The van der Waals surface area contributed by atoms with Crippen LogP contribution in [-0.2, 0) is 4.79 Å². The van der Waals surface area contributed by atoms with Crippen molar-refractivity contribution in [2.45, 2.75) is 0 Å². The quantitative estimate of drug-likeness (QED) is 0.595. The number of carbonyl (C=O) groups is 1. The van der Waals surface area contributed by atoms with E-state index in [1.54, 1.807) is 6.08 Å². The first-order valence-corrected chi connectivity index (χ1v) is 5.31. The van der Waals surface area contributed by atoms with Gasteiger partial charge in [-0.15, -0.1) is 0 Å². The highest BCUT2D eigenvalue weighted by atomic mass is 16.6. The molecule has 0 heterocycles. The van der Waals surface area contributed by atoms with E-state index < -0.39 is 16.4 Å². The first-order valence-electron chi connectivity index (χ1n) is 5.31. The summed E-state index contributed by atoms with van der Waals surface area (Å²) >= 11 is 0. The van der Waals surface area contributed by atoms with Crippen LogP contribution >= 0.6 is 0 Å². The van der Waals surface area contributed by atoms with E-state index in [0.29, 0.717) is 11.1 Å². The Morgan fingerprint density at radius 3 is 2.56 bits per heavy atom. The number of allylic oxidation sites excluding steroid dienone is 3. The minimum absolute atomic E-state index is 0.0890. The zero-order valence-corrected chi connectivity index (χ0v) is 9.21. The second-order valence-corrected chi connectivity index (χ2v) is 4.09. The molecule has 5 heteroatoms. The number of ketones is 1. The van der Waals surface area contributed by atoms with Crippen LogP contribution in [0.2, 0.25) is 0 Å². The summed E-state index contributed by atoms with van der Waals surface area (Å²) in [5.74, 6) is -0.619. The van der Waals surface area contributed by atoms with E-state index in [0.717, 1.165) is 11.1 Å². The molecular formula is C13H8N2O3. The normalized spacial score (nSPS) is 17.0. The molecule has 0 amide bonds. The van der Waals surface area contributed by atoms with Crippen molar-refractivity contribution in [2.24, 2.45) is 5.73 Å². The summed E-state index contributed by atoms with van der Waals surface area (Å²) in [4.78, 5) is 22.1. The van der Waals surface area contributed by atoms with Crippen molar-refractivity contribution in [3.8, 4) is 0 Å². The highest BCUT2D eigenvalue weighted by molar-refractivity contribution is 6.25. The highest BCUT2D eigenvalue weighted by Crippen LogP contribution is 2.40. The summed E-state index contributed by atoms with van der Waals surface area (Å²) in [6.45, 7) is 0. The maximum absolute atomic E-state index is 12.0. The summed E-state index contributed by atoms with van der Waals surface area (Å²) in [6.07, 6.45) is 3.16. The number of rotatable bonds is 1. The summed E-state index contributed by atoms with van der Waals surface area (Å²) in [7, 11) is 0. The lowest BCUT2D eigenvalue weighted by Gasteiger charge is -2.11. The number of nitrogens with zero attached hydrogens (tertiary/aromatic N) is 1. The van der Waals surface area contributed by atoms with Crippen LogP contribution in [-0.4, -0.2) is 10.7 Å². The number of Topliss-reactive ketones (excluding diaryl/α,β-unsaturated/α-hetero) is 1. The van der Waals surface area contributed by atoms with Crippen molar-refractivity contribution in [1.29, 1.82) is 0 Å². The molecule has 3 rings (SSSR count). The summed E-state index contributed by atoms with van der Waals surface area (Å²) < 4.78 is 0. The molecule has 0 fully saturated rings. The lowest BCUT2D eigenvalue weighted by atomic mass is 9.93. The van der Waals surface area contributed by atoms with E-state index in [2.05, 4.69) is 0 Å². The van der Waals surface area contributed by atoms with Crippen molar-refractivity contribution in [1.82, 2.24) is 0 Å². The van der Waals surface area contributed by atoms with E-state index in [1.807, 2.05) is 24.3 Å². The fourth-order valence-corrected chi connectivity index (χ4v) is 2.26. The number of fused-ring (bicyclic) bond motifs is 3. The molecular weight excluding hydrogens is 232 g/mol. The predicted octanol–water partition coefficient (Wildman–Crippen LogP) is 1.50. The number of nitrogens with two attached hydrogens (primary N) is 1. The van der Waals surface area contributed by atoms with Gasteiger partial charge in [0.05, 0.1) is 4.92 Å². The number of carbonyl (C=O) groups excluding carboxylic acids is 1. The summed E-state index contributed by atoms with van der Waals surface area (Å²) in [5, 5.41) is 10.8. The second kappa shape index (κ2) is 3.40. The van der Waals surface area contributed by atoms with Crippen LogP contribution in [0.15, 0.2) is 47.3 Å². The van der Waals surface area contributed by atoms with Gasteiger partial charge in [-0.25, -0.2) is 0 Å². The Hall–Kier alpha value is -2.69. The van der Waals surface area contributed by atoms with Gasteiger partial charge in [0, 0.05) is 5.57 Å². The Balaban J connectivity index is 2.25. The van der Waals surface area contributed by atoms with Gasteiger partial charge in [-0.05, 0) is 28.9 Å². The number of nitro groups is 1. The van der Waals surface area contributed by atoms with Gasteiger partial charge in [-0.1, -0.05) is 24.3 Å². The molecule has 0 aliphatic heterocycles. The number of hydrogen-bond acceptors (Lipinski definition) is 4. The molecule has 0 spiro atoms. The van der Waals surface area contributed by atoms with Crippen molar-refractivity contribution in [3.63, 3.8) is 0 Å². The van der Waals surface area contributed by atoms with Gasteiger partial charge in [-0.2, -0.15) is 0 Å². The Morgan fingerprint density at radius 1 is 1.11 bits per heavy atom. The van der Waals surface area contributed by atoms with Crippen LogP contribution < -0.4 is 5.73 Å². The van der Waals surface area contributed by atoms with Gasteiger partial charge in [0.2, 0.25) is 0 Å². The molecule has 1 aromatic rings. The van der Waals surface area contributed by atoms with Gasteiger partial charge >= 0.3 is 5.70 Å². The maximum atomic E-state index is 12.0. The van der Waals surface area contributed by atoms with E-state index in [4.69, 9.17) is 5.73 Å². The van der Waals surface area contributed by atoms with Crippen molar-refractivity contribution in [2.75, 3.05) is 0 Å². The van der Waals surface area contributed by atoms with E-state index in [-0.39, 0.29) is 5.70 Å². The predicted molar refractivity (Wildman–Crippen MR) is 65.6 cm³/mol. The average molecular weight is 240 g/mol. The van der Waals surface area contributed by atoms with Gasteiger partial charge < -0.3 is 5.73 Å². The zero-order valence-electron chi connectivity index (χ0n) is 9.21. The van der Waals surface area contributed by atoms with Crippen molar-refractivity contribution in [3.05, 3.63) is 68.5 Å². The molecule has 1 aromatic carbocycles. The largest absolute Gasteiger partial charge is 0.393 e. The molecule has 0 saturated heterocycles. The van der Waals surface area contributed by atoms with Crippen LogP contribution in [0.3, 0.4) is 0 Å². The van der Waals surface area contributed by atoms with E-state index >= 15 is 0 Å². The minimum atomic E-state index is -0.727. The molecule has 0 aromatic heterocycles. The molecule has 0 radical (unpaired) electrons. The maximum Gasteiger partial charge on any atom is 0.339 e. The highest BCUT2D eigenvalue weighted by Gasteiger charge is 2.37. The van der Waals surface area contributed by atoms with Gasteiger partial charge in [0.15, 0.2) is 0 Å². The van der Waals surface area contributed by atoms with Crippen LogP contribution in [0.25, 0.3) is 11.6 Å². The number of benzene rings is 1. The number of hydrogen-bond donors (Lipinski definition) is 1. The third-order valence-corrected chi connectivity index (χ3v) is 3.06. The second-order valence-electron chi connectivity index (χ2n) is 4.09. The van der Waals surface area contributed by atoms with Crippen LogP contribution in [0.4, 0.5) is 0 Å². The molecule has 0 saturated carbocycles. The molecule has 88 valence electrons. The Labute approximate surface area is 102 Å². The van der Waals surface area contributed by atoms with Crippen LogP contribution in [0.1, 0.15) is 11.1 Å². The van der Waals surface area contributed by atoms with Crippen molar-refractivity contribution >= 4 is 17.4 Å². The SMILES string of the molecule is NC1=C([N+](=O)[O-])C(=O)C2=Cc3ccccc3C2=C1. The first kappa shape index (κ1) is 10.5. The lowest BCUT2D eigenvalue weighted by Crippen LogP contribution is -2.22. The molecule has 2 aliphatic rings. The minimum Gasteiger partial charge on any atom is -0.393 e. The topological polar surface area (TPSA) is 86.2 Å². The van der Waals surface area contributed by atoms with E-state index in [9.17, 15) is 14.9 Å². The Bertz CT molecular complexity index is 696. The molecule has 0 unspecified atom stereocenters. The van der Waals surface area contributed by atoms with Crippen LogP contribution in [0, 0.1) is 10.1 Å². The Morgan fingerprint density at radius 2 is 1.83 bits per heavy atom. The van der Waals surface area contributed by atoms with Gasteiger partial charge in [0.25, 0.3) is 5.78 Å². The summed E-state index contributed by atoms with van der Waals surface area (Å²) in [5.41, 5.74) is 7.73.